The van der Waals surface area contributed by atoms with Crippen molar-refractivity contribution in [3.05, 3.63) is 51.8 Å². The molecule has 1 atom stereocenters. The predicted octanol–water partition coefficient (Wildman–Crippen LogP) is 3.55. The van der Waals surface area contributed by atoms with E-state index in [1.165, 1.54) is 27.9 Å². The van der Waals surface area contributed by atoms with E-state index in [0.29, 0.717) is 6.04 Å². The van der Waals surface area contributed by atoms with E-state index in [1.54, 1.807) is 0 Å². The van der Waals surface area contributed by atoms with Crippen LogP contribution in [0.15, 0.2) is 18.2 Å². The van der Waals surface area contributed by atoms with Crippen molar-refractivity contribution in [3.8, 4) is 0 Å². The van der Waals surface area contributed by atoms with E-state index in [2.05, 4.69) is 63.2 Å². The number of benzene rings is 1. The van der Waals surface area contributed by atoms with E-state index < -0.39 is 0 Å². The largest absolute Gasteiger partial charge is 0.310 e. The lowest BCUT2D eigenvalue weighted by molar-refractivity contribution is 0.542. The molecule has 2 rings (SSSR count). The summed E-state index contributed by atoms with van der Waals surface area (Å²) >= 11 is 0. The van der Waals surface area contributed by atoms with Crippen LogP contribution in [0.5, 0.6) is 0 Å². The van der Waals surface area contributed by atoms with Crippen molar-refractivity contribution >= 4 is 0 Å². The van der Waals surface area contributed by atoms with Gasteiger partial charge in [-0.15, -0.1) is 0 Å². The first-order valence-corrected chi connectivity index (χ1v) is 7.74. The summed E-state index contributed by atoms with van der Waals surface area (Å²) in [5.41, 5.74) is 7.93. The van der Waals surface area contributed by atoms with Gasteiger partial charge >= 0.3 is 0 Å². The summed E-state index contributed by atoms with van der Waals surface area (Å²) in [7, 11) is 2.02. The van der Waals surface area contributed by atoms with Crippen LogP contribution in [0.25, 0.3) is 0 Å². The molecule has 0 spiro atoms. The highest BCUT2D eigenvalue weighted by molar-refractivity contribution is 5.37. The molecule has 0 saturated heterocycles. The summed E-state index contributed by atoms with van der Waals surface area (Å²) in [6.45, 7) is 11.8. The monoisotopic (exact) mass is 285 g/mol. The van der Waals surface area contributed by atoms with Crippen LogP contribution in [-0.2, 0) is 13.5 Å². The van der Waals surface area contributed by atoms with Crippen LogP contribution in [0.2, 0.25) is 0 Å². The van der Waals surface area contributed by atoms with Gasteiger partial charge in [-0.3, -0.25) is 4.68 Å². The summed E-state index contributed by atoms with van der Waals surface area (Å²) in [6, 6.07) is 6.86. The molecule has 0 bridgehead atoms. The standard InChI is InChI=1S/C18H27N3/c1-7-19-17(18-14(4)20-21(6)15(18)5)11-16-12(2)9-8-10-13(16)3/h8-10,17,19H,7,11H2,1-6H3. The molecule has 0 aliphatic heterocycles. The SMILES string of the molecule is CCNC(Cc1c(C)cccc1C)c1c(C)nn(C)c1C. The van der Waals surface area contributed by atoms with Gasteiger partial charge in [0, 0.05) is 24.3 Å². The average molecular weight is 285 g/mol. The Morgan fingerprint density at radius 1 is 1.14 bits per heavy atom. The summed E-state index contributed by atoms with van der Waals surface area (Å²) in [6.07, 6.45) is 1.01. The fourth-order valence-corrected chi connectivity index (χ4v) is 3.19. The molecule has 114 valence electrons. The van der Waals surface area contributed by atoms with Gasteiger partial charge in [-0.25, -0.2) is 0 Å². The molecular formula is C18H27N3. The zero-order valence-corrected chi connectivity index (χ0v) is 14.1. The number of hydrogen-bond acceptors (Lipinski definition) is 2. The maximum absolute atomic E-state index is 4.58. The van der Waals surface area contributed by atoms with Gasteiger partial charge in [0.2, 0.25) is 0 Å². The first-order chi connectivity index (χ1) is 9.95. The Labute approximate surface area is 128 Å². The van der Waals surface area contributed by atoms with E-state index in [1.807, 2.05) is 11.7 Å². The van der Waals surface area contributed by atoms with Crippen LogP contribution in [0, 0.1) is 27.7 Å². The lowest BCUT2D eigenvalue weighted by Crippen LogP contribution is -2.24. The van der Waals surface area contributed by atoms with Gasteiger partial charge in [-0.2, -0.15) is 5.10 Å². The Kier molecular flexibility index (Phi) is 4.84. The molecule has 0 aliphatic rings. The Hall–Kier alpha value is -1.61. The van der Waals surface area contributed by atoms with Gasteiger partial charge in [-0.05, 0) is 57.4 Å². The van der Waals surface area contributed by atoms with E-state index in [0.717, 1.165) is 18.7 Å². The van der Waals surface area contributed by atoms with E-state index >= 15 is 0 Å². The van der Waals surface area contributed by atoms with Crippen molar-refractivity contribution in [2.24, 2.45) is 7.05 Å². The van der Waals surface area contributed by atoms with Crippen LogP contribution in [0.3, 0.4) is 0 Å². The maximum atomic E-state index is 4.58. The van der Waals surface area contributed by atoms with Gasteiger partial charge in [0.1, 0.15) is 0 Å². The molecule has 0 saturated carbocycles. The zero-order chi connectivity index (χ0) is 15.6. The van der Waals surface area contributed by atoms with Crippen LogP contribution >= 0.6 is 0 Å². The van der Waals surface area contributed by atoms with Crippen molar-refractivity contribution in [1.82, 2.24) is 15.1 Å². The van der Waals surface area contributed by atoms with Crippen molar-refractivity contribution in [3.63, 3.8) is 0 Å². The number of likely N-dealkylation sites (N-methyl/N-ethyl adjacent to an activating group) is 1. The van der Waals surface area contributed by atoms with Gasteiger partial charge in [-0.1, -0.05) is 25.1 Å². The second-order valence-electron chi connectivity index (χ2n) is 5.89. The third-order valence-electron chi connectivity index (χ3n) is 4.42. The second-order valence-corrected chi connectivity index (χ2v) is 5.89. The minimum atomic E-state index is 0.323. The Bertz CT molecular complexity index is 605. The topological polar surface area (TPSA) is 29.9 Å². The Morgan fingerprint density at radius 3 is 2.24 bits per heavy atom. The molecule has 0 amide bonds. The van der Waals surface area contributed by atoms with Crippen molar-refractivity contribution < 1.29 is 0 Å². The number of hydrogen-bond donors (Lipinski definition) is 1. The smallest absolute Gasteiger partial charge is 0.0644 e. The van der Waals surface area contributed by atoms with Gasteiger partial charge < -0.3 is 5.32 Å². The first kappa shape index (κ1) is 15.8. The van der Waals surface area contributed by atoms with Crippen LogP contribution in [0.1, 0.15) is 46.6 Å². The van der Waals surface area contributed by atoms with Crippen molar-refractivity contribution in [1.29, 1.82) is 0 Å². The minimum Gasteiger partial charge on any atom is -0.310 e. The number of rotatable bonds is 5. The quantitative estimate of drug-likeness (QED) is 0.910. The minimum absolute atomic E-state index is 0.323. The molecule has 2 aromatic rings. The molecule has 1 N–H and O–H groups in total. The van der Waals surface area contributed by atoms with Gasteiger partial charge in [0.05, 0.1) is 5.69 Å². The second kappa shape index (κ2) is 6.44. The summed E-state index contributed by atoms with van der Waals surface area (Å²) < 4.78 is 1.99. The highest BCUT2D eigenvalue weighted by atomic mass is 15.3. The lowest BCUT2D eigenvalue weighted by atomic mass is 9.92. The Balaban J connectivity index is 2.40. The molecule has 3 nitrogen and oxygen atoms in total. The molecule has 1 unspecified atom stereocenters. The fraction of sp³-hybridized carbons (Fsp3) is 0.500. The average Bonchev–Trinajstić information content (AvgIpc) is 2.67. The number of nitrogens with zero attached hydrogens (tertiary/aromatic N) is 2. The van der Waals surface area contributed by atoms with Crippen molar-refractivity contribution in [2.45, 2.75) is 47.1 Å². The van der Waals surface area contributed by atoms with E-state index in [4.69, 9.17) is 0 Å². The zero-order valence-electron chi connectivity index (χ0n) is 14.1. The molecule has 3 heteroatoms. The van der Waals surface area contributed by atoms with Crippen molar-refractivity contribution in [2.75, 3.05) is 6.54 Å². The normalized spacial score (nSPS) is 12.7. The molecule has 0 radical (unpaired) electrons. The van der Waals surface area contributed by atoms with Crippen LogP contribution < -0.4 is 5.32 Å². The first-order valence-electron chi connectivity index (χ1n) is 7.74. The summed E-state index contributed by atoms with van der Waals surface area (Å²) in [5, 5.41) is 8.22. The third-order valence-corrected chi connectivity index (χ3v) is 4.42. The third kappa shape index (κ3) is 3.18. The fourth-order valence-electron chi connectivity index (χ4n) is 3.19. The molecule has 0 fully saturated rings. The number of aromatic nitrogens is 2. The highest BCUT2D eigenvalue weighted by Gasteiger charge is 2.21. The molecule has 0 aliphatic carbocycles. The maximum Gasteiger partial charge on any atom is 0.0644 e. The predicted molar refractivity (Wildman–Crippen MR) is 88.7 cm³/mol. The highest BCUT2D eigenvalue weighted by Crippen LogP contribution is 2.27. The summed E-state index contributed by atoms with van der Waals surface area (Å²) in [4.78, 5) is 0. The van der Waals surface area contributed by atoms with Crippen LogP contribution in [-0.4, -0.2) is 16.3 Å². The number of nitrogens with one attached hydrogen (secondary N) is 1. The van der Waals surface area contributed by atoms with E-state index in [-0.39, 0.29) is 0 Å². The van der Waals surface area contributed by atoms with Crippen LogP contribution in [0.4, 0.5) is 0 Å². The molecule has 1 aromatic heterocycles. The van der Waals surface area contributed by atoms with E-state index in [9.17, 15) is 0 Å². The molecular weight excluding hydrogens is 258 g/mol. The Morgan fingerprint density at radius 2 is 1.76 bits per heavy atom. The van der Waals surface area contributed by atoms with Gasteiger partial charge in [0.15, 0.2) is 0 Å². The molecule has 1 aromatic carbocycles. The van der Waals surface area contributed by atoms with Gasteiger partial charge in [0.25, 0.3) is 0 Å². The lowest BCUT2D eigenvalue weighted by Gasteiger charge is -2.21. The molecule has 21 heavy (non-hydrogen) atoms. The number of aryl methyl sites for hydroxylation is 4. The summed E-state index contributed by atoms with van der Waals surface area (Å²) in [5.74, 6) is 0. The molecule has 1 heterocycles.